The van der Waals surface area contributed by atoms with Gasteiger partial charge in [-0.3, -0.25) is 0 Å². The third kappa shape index (κ3) is 5.44. The molecule has 0 bridgehead atoms. The van der Waals surface area contributed by atoms with Crippen molar-refractivity contribution in [3.05, 3.63) is 35.4 Å². The van der Waals surface area contributed by atoms with Crippen LogP contribution >= 0.6 is 11.6 Å². The Labute approximate surface area is 105 Å². The summed E-state index contributed by atoms with van der Waals surface area (Å²) in [6.07, 6.45) is 0.785. The Morgan fingerprint density at radius 3 is 2.53 bits per heavy atom. The fourth-order valence-corrected chi connectivity index (χ4v) is 1.48. The molecule has 0 radical (unpaired) electrons. The van der Waals surface area contributed by atoms with Gasteiger partial charge in [0.05, 0.1) is 6.61 Å². The minimum Gasteiger partial charge on any atom is -0.380 e. The van der Waals surface area contributed by atoms with E-state index < -0.39 is 11.6 Å². The lowest BCUT2D eigenvalue weighted by Gasteiger charge is -2.07. The highest BCUT2D eigenvalue weighted by Gasteiger charge is 2.06. The second-order valence-corrected chi connectivity index (χ2v) is 3.91. The molecule has 0 saturated carbocycles. The van der Waals surface area contributed by atoms with E-state index in [9.17, 15) is 8.78 Å². The summed E-state index contributed by atoms with van der Waals surface area (Å²) in [7, 11) is 0. The molecule has 1 N–H and O–H groups in total. The molecule has 1 aromatic rings. The maximum atomic E-state index is 13.2. The quantitative estimate of drug-likeness (QED) is 0.575. The molecule has 5 heteroatoms. The molecule has 0 amide bonds. The maximum absolute atomic E-state index is 13.2. The predicted molar refractivity (Wildman–Crippen MR) is 64.2 cm³/mol. The van der Waals surface area contributed by atoms with Crippen LogP contribution in [0, 0.1) is 11.6 Å². The molecule has 96 valence electrons. The molecule has 0 heterocycles. The van der Waals surface area contributed by atoms with Crippen molar-refractivity contribution < 1.29 is 13.5 Å². The maximum Gasteiger partial charge on any atom is 0.130 e. The van der Waals surface area contributed by atoms with Gasteiger partial charge in [-0.25, -0.2) is 8.78 Å². The largest absolute Gasteiger partial charge is 0.380 e. The first-order chi connectivity index (χ1) is 8.25. The summed E-state index contributed by atoms with van der Waals surface area (Å²) in [4.78, 5) is 0. The number of nitrogens with one attached hydrogen (secondary N) is 1. The molecule has 0 aliphatic rings. The first-order valence-electron chi connectivity index (χ1n) is 5.53. The van der Waals surface area contributed by atoms with Crippen LogP contribution in [0.5, 0.6) is 0 Å². The standard InChI is InChI=1S/C12H16ClF2NO/c13-5-8-17-7-2-6-16-9-10-11(14)3-1-4-12(10)15/h1,3-4,16H,2,5-9H2. The van der Waals surface area contributed by atoms with Crippen molar-refractivity contribution in [3.63, 3.8) is 0 Å². The van der Waals surface area contributed by atoms with Crippen LogP contribution in [-0.4, -0.2) is 25.6 Å². The second kappa shape index (κ2) is 8.39. The summed E-state index contributed by atoms with van der Waals surface area (Å²) in [5, 5.41) is 2.97. The highest BCUT2D eigenvalue weighted by Crippen LogP contribution is 2.11. The fraction of sp³-hybridized carbons (Fsp3) is 0.500. The highest BCUT2D eigenvalue weighted by atomic mass is 35.5. The molecule has 0 spiro atoms. The number of rotatable bonds is 8. The Morgan fingerprint density at radius 2 is 1.88 bits per heavy atom. The Balaban J connectivity index is 2.18. The van der Waals surface area contributed by atoms with E-state index in [4.69, 9.17) is 16.3 Å². The van der Waals surface area contributed by atoms with Gasteiger partial charge in [0.1, 0.15) is 11.6 Å². The monoisotopic (exact) mass is 263 g/mol. The van der Waals surface area contributed by atoms with Gasteiger partial charge in [0.25, 0.3) is 0 Å². The van der Waals surface area contributed by atoms with Crippen molar-refractivity contribution in [2.45, 2.75) is 13.0 Å². The summed E-state index contributed by atoms with van der Waals surface area (Å²) < 4.78 is 31.6. The molecular weight excluding hydrogens is 248 g/mol. The number of benzene rings is 1. The number of hydrogen-bond donors (Lipinski definition) is 1. The summed E-state index contributed by atoms with van der Waals surface area (Å²) in [6, 6.07) is 3.86. The van der Waals surface area contributed by atoms with Gasteiger partial charge in [-0.1, -0.05) is 6.07 Å². The van der Waals surface area contributed by atoms with E-state index in [2.05, 4.69) is 5.32 Å². The van der Waals surface area contributed by atoms with Gasteiger partial charge in [0.2, 0.25) is 0 Å². The highest BCUT2D eigenvalue weighted by molar-refractivity contribution is 6.17. The number of halogens is 3. The van der Waals surface area contributed by atoms with Gasteiger partial charge < -0.3 is 10.1 Å². The molecule has 0 fully saturated rings. The fourth-order valence-electron chi connectivity index (χ4n) is 1.37. The van der Waals surface area contributed by atoms with Crippen molar-refractivity contribution in [2.24, 2.45) is 0 Å². The van der Waals surface area contributed by atoms with Crippen molar-refractivity contribution in [3.8, 4) is 0 Å². The van der Waals surface area contributed by atoms with Crippen LogP contribution in [0.15, 0.2) is 18.2 Å². The average Bonchev–Trinajstić information content (AvgIpc) is 2.31. The summed E-state index contributed by atoms with van der Waals surface area (Å²) in [5.74, 6) is -0.555. The molecule has 1 aromatic carbocycles. The molecule has 0 aliphatic carbocycles. The van der Waals surface area contributed by atoms with E-state index in [1.54, 1.807) is 0 Å². The van der Waals surface area contributed by atoms with Gasteiger partial charge >= 0.3 is 0 Å². The third-order valence-corrected chi connectivity index (χ3v) is 2.38. The molecule has 0 aromatic heterocycles. The van der Waals surface area contributed by atoms with E-state index in [1.807, 2.05) is 0 Å². The van der Waals surface area contributed by atoms with Crippen molar-refractivity contribution >= 4 is 11.6 Å². The SMILES string of the molecule is Fc1cccc(F)c1CNCCCOCCCl. The normalized spacial score (nSPS) is 10.8. The molecular formula is C12H16ClF2NO. The van der Waals surface area contributed by atoms with E-state index >= 15 is 0 Å². The molecule has 0 atom stereocenters. The molecule has 0 unspecified atom stereocenters. The predicted octanol–water partition coefficient (Wildman–Crippen LogP) is 2.70. The van der Waals surface area contributed by atoms with E-state index in [-0.39, 0.29) is 12.1 Å². The van der Waals surface area contributed by atoms with E-state index in [0.717, 1.165) is 6.42 Å². The Hall–Kier alpha value is -0.710. The lowest BCUT2D eigenvalue weighted by atomic mass is 10.2. The summed E-state index contributed by atoms with van der Waals surface area (Å²) in [6.45, 7) is 1.97. The minimum absolute atomic E-state index is 0.0779. The Kier molecular flexibility index (Phi) is 7.08. The zero-order chi connectivity index (χ0) is 12.5. The van der Waals surface area contributed by atoms with Crippen LogP contribution in [0.3, 0.4) is 0 Å². The topological polar surface area (TPSA) is 21.3 Å². The summed E-state index contributed by atoms with van der Waals surface area (Å²) >= 11 is 5.43. The first-order valence-corrected chi connectivity index (χ1v) is 6.06. The smallest absolute Gasteiger partial charge is 0.130 e. The number of ether oxygens (including phenoxy) is 1. The molecule has 0 aliphatic heterocycles. The zero-order valence-corrected chi connectivity index (χ0v) is 10.3. The van der Waals surface area contributed by atoms with Gasteiger partial charge in [-0.2, -0.15) is 0 Å². The van der Waals surface area contributed by atoms with Crippen LogP contribution in [0.25, 0.3) is 0 Å². The van der Waals surface area contributed by atoms with Crippen LogP contribution in [-0.2, 0) is 11.3 Å². The number of hydrogen-bond acceptors (Lipinski definition) is 2. The van der Waals surface area contributed by atoms with Crippen LogP contribution in [0.4, 0.5) is 8.78 Å². The lowest BCUT2D eigenvalue weighted by molar-refractivity contribution is 0.146. The van der Waals surface area contributed by atoms with Crippen LogP contribution in [0.2, 0.25) is 0 Å². The van der Waals surface area contributed by atoms with Crippen molar-refractivity contribution in [1.29, 1.82) is 0 Å². The molecule has 0 saturated heterocycles. The van der Waals surface area contributed by atoms with Gasteiger partial charge in [-0.05, 0) is 25.1 Å². The van der Waals surface area contributed by atoms with E-state index in [0.29, 0.717) is 25.6 Å². The third-order valence-electron chi connectivity index (χ3n) is 2.23. The zero-order valence-electron chi connectivity index (χ0n) is 9.52. The van der Waals surface area contributed by atoms with E-state index in [1.165, 1.54) is 18.2 Å². The molecule has 17 heavy (non-hydrogen) atoms. The van der Waals surface area contributed by atoms with Gasteiger partial charge in [0, 0.05) is 24.6 Å². The molecule has 1 rings (SSSR count). The van der Waals surface area contributed by atoms with Gasteiger partial charge in [-0.15, -0.1) is 11.6 Å². The Bertz CT molecular complexity index is 316. The minimum atomic E-state index is -0.518. The van der Waals surface area contributed by atoms with Gasteiger partial charge in [0.15, 0.2) is 0 Å². The van der Waals surface area contributed by atoms with Crippen molar-refractivity contribution in [2.75, 3.05) is 25.6 Å². The number of alkyl halides is 1. The van der Waals surface area contributed by atoms with Crippen LogP contribution < -0.4 is 5.32 Å². The van der Waals surface area contributed by atoms with Crippen molar-refractivity contribution in [1.82, 2.24) is 5.32 Å². The average molecular weight is 264 g/mol. The Morgan fingerprint density at radius 1 is 1.18 bits per heavy atom. The lowest BCUT2D eigenvalue weighted by Crippen LogP contribution is -2.18. The van der Waals surface area contributed by atoms with Crippen LogP contribution in [0.1, 0.15) is 12.0 Å². The second-order valence-electron chi connectivity index (χ2n) is 3.53. The first kappa shape index (κ1) is 14.4. The summed E-state index contributed by atoms with van der Waals surface area (Å²) in [5.41, 5.74) is 0.0779. The molecule has 2 nitrogen and oxygen atoms in total.